The van der Waals surface area contributed by atoms with Gasteiger partial charge in [0.25, 0.3) is 0 Å². The second-order valence-electron chi connectivity index (χ2n) is 6.32. The van der Waals surface area contributed by atoms with E-state index in [2.05, 4.69) is 0 Å². The predicted octanol–water partition coefficient (Wildman–Crippen LogP) is 6.36. The molecule has 4 rings (SSSR count). The Bertz CT molecular complexity index is 989. The Labute approximate surface area is 168 Å². The highest BCUT2D eigenvalue weighted by Gasteiger charge is 2.31. The van der Waals surface area contributed by atoms with Crippen LogP contribution in [0.25, 0.3) is 0 Å². The van der Waals surface area contributed by atoms with E-state index < -0.39 is 0 Å². The third-order valence-electron chi connectivity index (χ3n) is 4.67. The number of hydrogen-bond acceptors (Lipinski definition) is 3. The average molecular weight is 397 g/mol. The van der Waals surface area contributed by atoms with Gasteiger partial charge in [0, 0.05) is 12.0 Å². The topological polar surface area (TPSA) is 24.8 Å². The molecular formula is C22H18Cl2N2O. The molecule has 0 aromatic heterocycles. The van der Waals surface area contributed by atoms with Crippen LogP contribution < -0.4 is 9.75 Å². The van der Waals surface area contributed by atoms with Crippen LogP contribution in [0.5, 0.6) is 5.75 Å². The van der Waals surface area contributed by atoms with Gasteiger partial charge in [0.15, 0.2) is 0 Å². The highest BCUT2D eigenvalue weighted by molar-refractivity contribution is 6.42. The Hall–Kier alpha value is -2.49. The van der Waals surface area contributed by atoms with Gasteiger partial charge in [0.05, 0.1) is 34.6 Å². The molecule has 0 N–H and O–H groups in total. The molecule has 27 heavy (non-hydrogen) atoms. The van der Waals surface area contributed by atoms with Crippen molar-refractivity contribution in [1.82, 2.24) is 0 Å². The maximum atomic E-state index is 6.54. The van der Waals surface area contributed by atoms with Gasteiger partial charge >= 0.3 is 0 Å². The summed E-state index contributed by atoms with van der Waals surface area (Å²) in [7, 11) is 1.67. The Balaban J connectivity index is 1.78. The molecule has 3 aromatic rings. The summed E-state index contributed by atoms with van der Waals surface area (Å²) in [4.78, 5) is 0. The fourth-order valence-corrected chi connectivity index (χ4v) is 3.76. The minimum Gasteiger partial charge on any atom is -0.497 e. The summed E-state index contributed by atoms with van der Waals surface area (Å²) in [5, 5.41) is 8.07. The Morgan fingerprint density at radius 3 is 2.52 bits per heavy atom. The zero-order valence-electron chi connectivity index (χ0n) is 14.8. The highest BCUT2D eigenvalue weighted by Crippen LogP contribution is 2.41. The monoisotopic (exact) mass is 396 g/mol. The number of hydrazone groups is 1. The van der Waals surface area contributed by atoms with Gasteiger partial charge < -0.3 is 4.74 Å². The standard InChI is InChI=1S/C22H18Cl2N2O/c1-27-17-10-5-7-15(13-17)20-14-21(18-11-6-12-19(23)22(18)24)26(25-20)16-8-3-2-4-9-16/h2-13,21H,14H2,1H3. The van der Waals surface area contributed by atoms with Crippen molar-refractivity contribution in [2.24, 2.45) is 5.10 Å². The molecule has 0 bridgehead atoms. The quantitative estimate of drug-likeness (QED) is 0.512. The van der Waals surface area contributed by atoms with E-state index in [4.69, 9.17) is 33.0 Å². The van der Waals surface area contributed by atoms with Gasteiger partial charge in [-0.1, -0.05) is 65.7 Å². The van der Waals surface area contributed by atoms with Crippen molar-refractivity contribution >= 4 is 34.6 Å². The van der Waals surface area contributed by atoms with Crippen molar-refractivity contribution < 1.29 is 4.74 Å². The number of methoxy groups -OCH3 is 1. The molecule has 0 saturated heterocycles. The van der Waals surface area contributed by atoms with E-state index in [1.165, 1.54) is 0 Å². The van der Waals surface area contributed by atoms with Crippen LogP contribution in [0.3, 0.4) is 0 Å². The Morgan fingerprint density at radius 1 is 0.963 bits per heavy atom. The maximum absolute atomic E-state index is 6.54. The lowest BCUT2D eigenvalue weighted by atomic mass is 9.98. The third-order valence-corrected chi connectivity index (χ3v) is 5.51. The number of para-hydroxylation sites is 1. The van der Waals surface area contributed by atoms with Crippen molar-refractivity contribution in [2.45, 2.75) is 12.5 Å². The minimum atomic E-state index is -0.0280. The van der Waals surface area contributed by atoms with Gasteiger partial charge in [0.1, 0.15) is 5.75 Å². The van der Waals surface area contributed by atoms with E-state index in [1.54, 1.807) is 13.2 Å². The molecular weight excluding hydrogens is 379 g/mol. The summed E-state index contributed by atoms with van der Waals surface area (Å²) < 4.78 is 5.37. The summed E-state index contributed by atoms with van der Waals surface area (Å²) in [5.74, 6) is 0.811. The van der Waals surface area contributed by atoms with E-state index in [9.17, 15) is 0 Å². The first kappa shape index (κ1) is 17.9. The lowest BCUT2D eigenvalue weighted by Gasteiger charge is -2.25. The van der Waals surface area contributed by atoms with Crippen molar-refractivity contribution in [2.75, 3.05) is 12.1 Å². The molecule has 1 aliphatic rings. The molecule has 1 atom stereocenters. The number of hydrogen-bond donors (Lipinski definition) is 0. The van der Waals surface area contributed by atoms with Crippen LogP contribution in [0.2, 0.25) is 10.0 Å². The van der Waals surface area contributed by atoms with E-state index in [1.807, 2.05) is 71.7 Å². The summed E-state index contributed by atoms with van der Waals surface area (Å²) in [6.07, 6.45) is 0.724. The molecule has 136 valence electrons. The number of nitrogens with zero attached hydrogens (tertiary/aromatic N) is 2. The molecule has 0 saturated carbocycles. The second kappa shape index (κ2) is 7.63. The van der Waals surface area contributed by atoms with Crippen LogP contribution in [0.1, 0.15) is 23.6 Å². The minimum absolute atomic E-state index is 0.0280. The molecule has 5 heteroatoms. The van der Waals surface area contributed by atoms with Crippen molar-refractivity contribution in [3.63, 3.8) is 0 Å². The number of benzene rings is 3. The van der Waals surface area contributed by atoms with Gasteiger partial charge in [-0.05, 0) is 35.9 Å². The number of ether oxygens (including phenoxy) is 1. The SMILES string of the molecule is COc1cccc(C2=NN(c3ccccc3)C(c3cccc(Cl)c3Cl)C2)c1. The molecule has 0 radical (unpaired) electrons. The normalized spacial score (nSPS) is 16.3. The summed E-state index contributed by atoms with van der Waals surface area (Å²) in [6, 6.07) is 23.8. The molecule has 3 aromatic carbocycles. The zero-order valence-corrected chi connectivity index (χ0v) is 16.3. The fourth-order valence-electron chi connectivity index (χ4n) is 3.33. The van der Waals surface area contributed by atoms with Gasteiger partial charge in [-0.2, -0.15) is 5.10 Å². The van der Waals surface area contributed by atoms with Gasteiger partial charge in [-0.3, -0.25) is 5.01 Å². The van der Waals surface area contributed by atoms with E-state index in [0.29, 0.717) is 10.0 Å². The molecule has 1 aliphatic heterocycles. The van der Waals surface area contributed by atoms with Gasteiger partial charge in [0.2, 0.25) is 0 Å². The third kappa shape index (κ3) is 3.53. The molecule has 0 aliphatic carbocycles. The van der Waals surface area contributed by atoms with Gasteiger partial charge in [-0.25, -0.2) is 0 Å². The average Bonchev–Trinajstić information content (AvgIpc) is 3.16. The largest absolute Gasteiger partial charge is 0.497 e. The highest BCUT2D eigenvalue weighted by atomic mass is 35.5. The van der Waals surface area contributed by atoms with Crippen LogP contribution in [0.15, 0.2) is 77.9 Å². The fraction of sp³-hybridized carbons (Fsp3) is 0.136. The summed E-state index contributed by atoms with van der Waals surface area (Å²) >= 11 is 12.8. The summed E-state index contributed by atoms with van der Waals surface area (Å²) in [5.41, 5.74) is 4.00. The lowest BCUT2D eigenvalue weighted by Crippen LogP contribution is -2.18. The molecule has 1 unspecified atom stereocenters. The Kier molecular flexibility index (Phi) is 5.06. The molecule has 3 nitrogen and oxygen atoms in total. The Morgan fingerprint density at radius 2 is 1.74 bits per heavy atom. The van der Waals surface area contributed by atoms with Crippen LogP contribution >= 0.6 is 23.2 Å². The first-order chi connectivity index (χ1) is 13.2. The molecule has 0 spiro atoms. The van der Waals surface area contributed by atoms with Crippen LogP contribution in [0, 0.1) is 0 Å². The van der Waals surface area contributed by atoms with Crippen molar-refractivity contribution in [3.8, 4) is 5.75 Å². The lowest BCUT2D eigenvalue weighted by molar-refractivity contribution is 0.414. The van der Waals surface area contributed by atoms with Crippen LogP contribution in [-0.4, -0.2) is 12.8 Å². The first-order valence-corrected chi connectivity index (χ1v) is 9.43. The smallest absolute Gasteiger partial charge is 0.119 e. The van der Waals surface area contributed by atoms with E-state index >= 15 is 0 Å². The molecule has 1 heterocycles. The zero-order chi connectivity index (χ0) is 18.8. The molecule has 0 fully saturated rings. The number of rotatable bonds is 4. The predicted molar refractivity (Wildman–Crippen MR) is 112 cm³/mol. The maximum Gasteiger partial charge on any atom is 0.119 e. The summed E-state index contributed by atoms with van der Waals surface area (Å²) in [6.45, 7) is 0. The molecule has 0 amide bonds. The van der Waals surface area contributed by atoms with E-state index in [-0.39, 0.29) is 6.04 Å². The van der Waals surface area contributed by atoms with Crippen LogP contribution in [0.4, 0.5) is 5.69 Å². The number of halogens is 2. The number of anilines is 1. The van der Waals surface area contributed by atoms with Crippen molar-refractivity contribution in [3.05, 3.63) is 94.0 Å². The van der Waals surface area contributed by atoms with E-state index in [0.717, 1.165) is 34.7 Å². The van der Waals surface area contributed by atoms with Gasteiger partial charge in [-0.15, -0.1) is 0 Å². The first-order valence-electron chi connectivity index (χ1n) is 8.67. The van der Waals surface area contributed by atoms with Crippen molar-refractivity contribution in [1.29, 1.82) is 0 Å². The van der Waals surface area contributed by atoms with Crippen LogP contribution in [-0.2, 0) is 0 Å². The second-order valence-corrected chi connectivity index (χ2v) is 7.11.